The maximum Gasteiger partial charge on any atom is 0.460 e. The minimum atomic E-state index is -7.37. The van der Waals surface area contributed by atoms with E-state index in [1.807, 2.05) is 0 Å². The largest absolute Gasteiger partial charge is 0.460 e. The van der Waals surface area contributed by atoms with Crippen molar-refractivity contribution in [3.05, 3.63) is 0 Å². The van der Waals surface area contributed by atoms with Crippen LogP contribution in [0, 0.1) is 11.8 Å². The monoisotopic (exact) mass is 540 g/mol. The summed E-state index contributed by atoms with van der Waals surface area (Å²) in [5, 5.41) is -6.66. The molecule has 2 rings (SSSR count). The minimum Gasteiger partial charge on any atom is -0.299 e. The number of alkyl halides is 9. The third-order valence-electron chi connectivity index (χ3n) is 5.85. The lowest BCUT2D eigenvalue weighted by molar-refractivity contribution is -0.382. The van der Waals surface area contributed by atoms with Crippen LogP contribution in [0.2, 0.25) is 0 Å². The highest BCUT2D eigenvalue weighted by Gasteiger charge is 2.85. The fourth-order valence-electron chi connectivity index (χ4n) is 3.83. The normalized spacial score (nSPS) is 20.8. The van der Waals surface area contributed by atoms with Crippen molar-refractivity contribution in [1.29, 1.82) is 0 Å². The molecular formula is C18H25F9O4S2. The molecule has 0 radical (unpaired) electrons. The molecular weight excluding hydrogens is 515 g/mol. The van der Waals surface area contributed by atoms with E-state index in [1.54, 1.807) is 0 Å². The molecule has 1 atom stereocenters. The molecule has 1 N–H and O–H groups in total. The van der Waals surface area contributed by atoms with Gasteiger partial charge >= 0.3 is 33.4 Å². The summed E-state index contributed by atoms with van der Waals surface area (Å²) in [5.74, 6) is -13.1. The van der Waals surface area contributed by atoms with Gasteiger partial charge in [-0.3, -0.25) is 9.35 Å². The van der Waals surface area contributed by atoms with Gasteiger partial charge < -0.3 is 0 Å². The molecule has 196 valence electrons. The van der Waals surface area contributed by atoms with E-state index in [-0.39, 0.29) is 0 Å². The molecule has 0 aromatic rings. The lowest BCUT2D eigenvalue weighted by Crippen LogP contribution is -2.63. The van der Waals surface area contributed by atoms with Crippen LogP contribution in [0.5, 0.6) is 0 Å². The summed E-state index contributed by atoms with van der Waals surface area (Å²) >= 11 is 4.68. The fraction of sp³-hybridized carbons (Fsp3) is 0.944. The Balaban J connectivity index is 0.000000330. The summed E-state index contributed by atoms with van der Waals surface area (Å²) in [6, 6.07) is 0. The lowest BCUT2D eigenvalue weighted by atomic mass is 9.84. The van der Waals surface area contributed by atoms with Crippen LogP contribution in [0.1, 0.15) is 64.2 Å². The molecule has 2 saturated carbocycles. The topological polar surface area (TPSA) is 71.4 Å². The van der Waals surface area contributed by atoms with Gasteiger partial charge in [-0.2, -0.15) is 60.6 Å². The van der Waals surface area contributed by atoms with Gasteiger partial charge in [0.1, 0.15) is 5.78 Å². The maximum absolute atomic E-state index is 12.2. The van der Waals surface area contributed by atoms with E-state index < -0.39 is 33.4 Å². The molecule has 2 aliphatic carbocycles. The first-order valence-corrected chi connectivity index (χ1v) is 12.1. The first kappa shape index (κ1) is 30.3. The highest BCUT2D eigenvalue weighted by molar-refractivity contribution is 7.87. The highest BCUT2D eigenvalue weighted by Crippen LogP contribution is 2.54. The van der Waals surface area contributed by atoms with E-state index >= 15 is 0 Å². The van der Waals surface area contributed by atoms with Gasteiger partial charge in [0.05, 0.1) is 0 Å². The van der Waals surface area contributed by atoms with Gasteiger partial charge in [0.2, 0.25) is 0 Å². The van der Waals surface area contributed by atoms with E-state index in [9.17, 15) is 52.7 Å². The molecule has 0 amide bonds. The average molecular weight is 541 g/mol. The van der Waals surface area contributed by atoms with Crippen LogP contribution in [-0.4, -0.2) is 47.3 Å². The zero-order chi connectivity index (χ0) is 25.9. The zero-order valence-electron chi connectivity index (χ0n) is 17.2. The van der Waals surface area contributed by atoms with Gasteiger partial charge in [-0.25, -0.2) is 0 Å². The Kier molecular flexibility index (Phi) is 10.0. The van der Waals surface area contributed by atoms with E-state index in [2.05, 4.69) is 12.6 Å². The van der Waals surface area contributed by atoms with E-state index in [0.29, 0.717) is 22.9 Å². The number of rotatable bonds is 7. The molecule has 0 saturated heterocycles. The summed E-state index contributed by atoms with van der Waals surface area (Å²) in [6.45, 7) is 0. The molecule has 0 bridgehead atoms. The molecule has 2 fully saturated rings. The number of hydrogen-bond donors (Lipinski definition) is 2. The molecule has 0 aliphatic heterocycles. The molecule has 33 heavy (non-hydrogen) atoms. The number of thiol groups is 1. The molecule has 0 spiro atoms. The smallest absolute Gasteiger partial charge is 0.299 e. The van der Waals surface area contributed by atoms with E-state index in [1.165, 1.54) is 44.9 Å². The molecule has 0 aromatic carbocycles. The van der Waals surface area contributed by atoms with Crippen LogP contribution >= 0.6 is 12.6 Å². The third kappa shape index (κ3) is 6.92. The highest BCUT2D eigenvalue weighted by atomic mass is 32.2. The fourth-order valence-corrected chi connectivity index (χ4v) is 4.76. The van der Waals surface area contributed by atoms with Crippen LogP contribution in [0.15, 0.2) is 0 Å². The van der Waals surface area contributed by atoms with Crippen molar-refractivity contribution in [3.63, 3.8) is 0 Å². The predicted octanol–water partition coefficient (Wildman–Crippen LogP) is 6.31. The summed E-state index contributed by atoms with van der Waals surface area (Å²) < 4.78 is 134. The van der Waals surface area contributed by atoms with Gasteiger partial charge in [0.25, 0.3) is 0 Å². The van der Waals surface area contributed by atoms with Gasteiger partial charge in [-0.1, -0.05) is 32.1 Å². The number of Topliss-reactive ketones (excluding diaryl/α,β-unsaturated/α-hetero) is 1. The number of carbonyl (C=O) groups excluding carboxylic acids is 1. The first-order chi connectivity index (χ1) is 14.8. The SMILES string of the molecule is O=C(CC(S)C1CCCCC1)C1CCCC1.O=S(=O)(O)C(F)(F)C(F)(F)C(F)(F)C(F)(F)F. The van der Waals surface area contributed by atoms with Crippen LogP contribution in [0.25, 0.3) is 0 Å². The molecule has 1 unspecified atom stereocenters. The third-order valence-corrected chi connectivity index (χ3v) is 7.36. The molecule has 4 nitrogen and oxygen atoms in total. The van der Waals surface area contributed by atoms with Crippen LogP contribution in [-0.2, 0) is 14.9 Å². The van der Waals surface area contributed by atoms with Crippen molar-refractivity contribution in [3.8, 4) is 0 Å². The van der Waals surface area contributed by atoms with Crippen molar-refractivity contribution < 1.29 is 57.3 Å². The van der Waals surface area contributed by atoms with Crippen molar-refractivity contribution in [2.24, 2.45) is 11.8 Å². The second-order valence-corrected chi connectivity index (χ2v) is 10.4. The van der Waals surface area contributed by atoms with Crippen molar-refractivity contribution in [2.45, 2.75) is 92.7 Å². The van der Waals surface area contributed by atoms with Crippen molar-refractivity contribution >= 4 is 28.5 Å². The quantitative estimate of drug-likeness (QED) is 0.226. The second kappa shape index (κ2) is 10.9. The number of hydrogen-bond acceptors (Lipinski definition) is 4. The number of ketones is 1. The summed E-state index contributed by atoms with van der Waals surface area (Å²) in [6.07, 6.45) is 5.08. The van der Waals surface area contributed by atoms with Crippen LogP contribution < -0.4 is 0 Å². The van der Waals surface area contributed by atoms with Crippen LogP contribution in [0.3, 0.4) is 0 Å². The van der Waals surface area contributed by atoms with E-state index in [0.717, 1.165) is 19.3 Å². The lowest BCUT2D eigenvalue weighted by Gasteiger charge is -2.31. The Morgan fingerprint density at radius 2 is 1.24 bits per heavy atom. The van der Waals surface area contributed by atoms with Gasteiger partial charge in [-0.15, -0.1) is 0 Å². The standard InChI is InChI=1S/C14H24OS.C4HF9O3S/c15-13(11-6-4-5-7-11)10-14(16)12-8-2-1-3-9-12;5-1(6,3(9,10)11)2(7,8)4(12,13)17(14,15)16/h11-12,14,16H,1-10H2;(H,14,15,16). The van der Waals surface area contributed by atoms with Crippen LogP contribution in [0.4, 0.5) is 39.5 Å². The Bertz CT molecular complexity index is 757. The van der Waals surface area contributed by atoms with Gasteiger partial charge in [0, 0.05) is 17.6 Å². The van der Waals surface area contributed by atoms with Crippen molar-refractivity contribution in [1.82, 2.24) is 0 Å². The Labute approximate surface area is 190 Å². The van der Waals surface area contributed by atoms with E-state index in [4.69, 9.17) is 4.55 Å². The Hall–Kier alpha value is -0.700. The minimum absolute atomic E-state index is 0.341. The Morgan fingerprint density at radius 1 is 0.818 bits per heavy atom. The van der Waals surface area contributed by atoms with Crippen molar-refractivity contribution in [2.75, 3.05) is 0 Å². The predicted molar refractivity (Wildman–Crippen MR) is 103 cm³/mol. The average Bonchev–Trinajstić information content (AvgIpc) is 3.22. The summed E-state index contributed by atoms with van der Waals surface area (Å²) in [4.78, 5) is 12.0. The van der Waals surface area contributed by atoms with Gasteiger partial charge in [-0.05, 0) is 31.6 Å². The molecule has 15 heteroatoms. The van der Waals surface area contributed by atoms with Gasteiger partial charge in [0.15, 0.2) is 0 Å². The first-order valence-electron chi connectivity index (χ1n) is 10.1. The zero-order valence-corrected chi connectivity index (χ0v) is 18.9. The Morgan fingerprint density at radius 3 is 1.64 bits per heavy atom. The maximum atomic E-state index is 12.2. The molecule has 0 aromatic heterocycles. The summed E-state index contributed by atoms with van der Waals surface area (Å²) in [7, 11) is -7.17. The summed E-state index contributed by atoms with van der Waals surface area (Å²) in [5.41, 5.74) is 0. The molecule has 0 heterocycles. The number of carbonyl (C=O) groups is 1. The molecule has 2 aliphatic rings. The second-order valence-electron chi connectivity index (χ2n) is 8.26. The number of halogens is 9.